The molecular formula is C25H25F9O3. The van der Waals surface area contributed by atoms with Gasteiger partial charge in [-0.05, 0) is 66.8 Å². The van der Waals surface area contributed by atoms with Crippen LogP contribution in [0.25, 0.3) is 12.2 Å². The predicted molar refractivity (Wildman–Crippen MR) is 120 cm³/mol. The fourth-order valence-corrected chi connectivity index (χ4v) is 2.77. The van der Waals surface area contributed by atoms with Crippen molar-refractivity contribution in [2.75, 3.05) is 0 Å². The first kappa shape index (κ1) is 32.2. The maximum absolute atomic E-state index is 12.9. The van der Waals surface area contributed by atoms with Gasteiger partial charge in [0.25, 0.3) is 0 Å². The third kappa shape index (κ3) is 6.93. The molecule has 206 valence electrons. The van der Waals surface area contributed by atoms with Crippen molar-refractivity contribution in [2.45, 2.75) is 56.1 Å². The van der Waals surface area contributed by atoms with Crippen molar-refractivity contribution in [1.82, 2.24) is 0 Å². The van der Waals surface area contributed by atoms with Gasteiger partial charge in [0.15, 0.2) is 16.8 Å². The molecule has 0 aliphatic rings. The topological polar surface area (TPSA) is 60.7 Å². The first-order valence-electron chi connectivity index (χ1n) is 10.3. The summed E-state index contributed by atoms with van der Waals surface area (Å²) in [5.41, 5.74) is -10.8. The summed E-state index contributed by atoms with van der Waals surface area (Å²) < 4.78 is 114. The Balaban J connectivity index is 0.000000397. The molecule has 3 nitrogen and oxygen atoms in total. The summed E-state index contributed by atoms with van der Waals surface area (Å²) in [6.07, 6.45) is -12.3. The second kappa shape index (κ2) is 10.5. The normalized spacial score (nSPS) is 17.4. The van der Waals surface area contributed by atoms with Crippen molar-refractivity contribution in [3.05, 3.63) is 83.4 Å². The number of benzene rings is 2. The SMILES string of the molecule is C=Cc1cc(C(C)(O)C(F)(F)F)cc(C(C)(O)C(F)(F)F)c1.C=Cc1ccc(C(C)(O)C(F)(F)F)cc1. The van der Waals surface area contributed by atoms with Crippen molar-refractivity contribution in [1.29, 1.82) is 0 Å². The van der Waals surface area contributed by atoms with Crippen LogP contribution in [0, 0.1) is 0 Å². The van der Waals surface area contributed by atoms with E-state index in [1.807, 2.05) is 0 Å². The second-order valence-electron chi connectivity index (χ2n) is 8.58. The predicted octanol–water partition coefficient (Wildman–Crippen LogP) is 6.97. The molecule has 0 radical (unpaired) electrons. The molecule has 0 fully saturated rings. The molecule has 0 aliphatic heterocycles. The van der Waals surface area contributed by atoms with E-state index < -0.39 is 46.5 Å². The van der Waals surface area contributed by atoms with E-state index in [-0.39, 0.29) is 11.1 Å². The Hall–Kier alpha value is -2.83. The molecule has 2 rings (SSSR count). The van der Waals surface area contributed by atoms with Gasteiger partial charge in [0.05, 0.1) is 0 Å². The molecule has 0 spiro atoms. The first-order valence-corrected chi connectivity index (χ1v) is 10.3. The largest absolute Gasteiger partial charge is 0.421 e. The number of hydrogen-bond acceptors (Lipinski definition) is 3. The Morgan fingerprint density at radius 3 is 1.08 bits per heavy atom. The Kier molecular flexibility index (Phi) is 9.14. The summed E-state index contributed by atoms with van der Waals surface area (Å²) in [7, 11) is 0. The van der Waals surface area contributed by atoms with Crippen LogP contribution in [0.4, 0.5) is 39.5 Å². The minimum Gasteiger partial charge on any atom is -0.376 e. The van der Waals surface area contributed by atoms with Crippen LogP contribution in [0.3, 0.4) is 0 Å². The average molecular weight is 544 g/mol. The van der Waals surface area contributed by atoms with Crippen LogP contribution in [-0.2, 0) is 16.8 Å². The lowest BCUT2D eigenvalue weighted by Crippen LogP contribution is -2.41. The quantitative estimate of drug-likeness (QED) is 0.357. The molecule has 3 atom stereocenters. The highest BCUT2D eigenvalue weighted by molar-refractivity contribution is 5.52. The van der Waals surface area contributed by atoms with Crippen LogP contribution in [0.15, 0.2) is 55.6 Å². The molecule has 37 heavy (non-hydrogen) atoms. The zero-order chi connectivity index (χ0) is 29.3. The van der Waals surface area contributed by atoms with Gasteiger partial charge >= 0.3 is 18.5 Å². The van der Waals surface area contributed by atoms with Crippen molar-refractivity contribution in [3.63, 3.8) is 0 Å². The fraction of sp³-hybridized carbons (Fsp3) is 0.360. The summed E-state index contributed by atoms with van der Waals surface area (Å²) in [5, 5.41) is 28.6. The van der Waals surface area contributed by atoms with Gasteiger partial charge in [0, 0.05) is 0 Å². The average Bonchev–Trinajstić information content (AvgIpc) is 2.76. The summed E-state index contributed by atoms with van der Waals surface area (Å²) in [6.45, 7) is 8.33. The van der Waals surface area contributed by atoms with Crippen LogP contribution in [0.5, 0.6) is 0 Å². The highest BCUT2D eigenvalue weighted by Crippen LogP contribution is 2.43. The number of alkyl halides is 9. The Labute approximate surface area is 207 Å². The van der Waals surface area contributed by atoms with Crippen molar-refractivity contribution >= 4 is 12.2 Å². The van der Waals surface area contributed by atoms with Crippen molar-refractivity contribution < 1.29 is 54.8 Å². The van der Waals surface area contributed by atoms with Crippen LogP contribution >= 0.6 is 0 Å². The second-order valence-corrected chi connectivity index (χ2v) is 8.58. The maximum atomic E-state index is 12.9. The molecule has 0 aromatic heterocycles. The lowest BCUT2D eigenvalue weighted by Gasteiger charge is -2.31. The maximum Gasteiger partial charge on any atom is 0.421 e. The minimum absolute atomic E-state index is 0.0958. The van der Waals surface area contributed by atoms with Gasteiger partial charge in [0.2, 0.25) is 0 Å². The van der Waals surface area contributed by atoms with E-state index in [4.69, 9.17) is 0 Å². The van der Waals surface area contributed by atoms with E-state index in [9.17, 15) is 54.8 Å². The minimum atomic E-state index is -5.10. The molecule has 0 saturated carbocycles. The van der Waals surface area contributed by atoms with Gasteiger partial charge in [-0.2, -0.15) is 39.5 Å². The zero-order valence-corrected chi connectivity index (χ0v) is 19.9. The van der Waals surface area contributed by atoms with E-state index in [2.05, 4.69) is 13.2 Å². The summed E-state index contributed by atoms with van der Waals surface area (Å²) in [6, 6.07) is 7.63. The third-order valence-electron chi connectivity index (χ3n) is 5.68. The van der Waals surface area contributed by atoms with Crippen molar-refractivity contribution in [2.24, 2.45) is 0 Å². The lowest BCUT2D eigenvalue weighted by atomic mass is 9.86. The van der Waals surface area contributed by atoms with Gasteiger partial charge in [-0.1, -0.05) is 49.6 Å². The summed E-state index contributed by atoms with van der Waals surface area (Å²) >= 11 is 0. The van der Waals surface area contributed by atoms with Gasteiger partial charge in [0.1, 0.15) is 0 Å². The molecule has 12 heteroatoms. The van der Waals surface area contributed by atoms with Crippen LogP contribution < -0.4 is 0 Å². The molecular weight excluding hydrogens is 519 g/mol. The lowest BCUT2D eigenvalue weighted by molar-refractivity contribution is -0.261. The Bertz CT molecular complexity index is 1050. The van der Waals surface area contributed by atoms with E-state index >= 15 is 0 Å². The highest BCUT2D eigenvalue weighted by atomic mass is 19.4. The van der Waals surface area contributed by atoms with Gasteiger partial charge in [-0.3, -0.25) is 0 Å². The molecule has 0 bridgehead atoms. The van der Waals surface area contributed by atoms with E-state index in [1.54, 1.807) is 0 Å². The molecule has 0 aliphatic carbocycles. The van der Waals surface area contributed by atoms with Crippen LogP contribution in [0.1, 0.15) is 48.6 Å². The summed E-state index contributed by atoms with van der Waals surface area (Å²) in [5.74, 6) is 0. The van der Waals surface area contributed by atoms with E-state index in [0.29, 0.717) is 25.5 Å². The summed E-state index contributed by atoms with van der Waals surface area (Å²) in [4.78, 5) is 0. The standard InChI is InChI=1S/C14H14F6O2.C11H11F3O/c1-4-8-5-9(11(2,21)13(15,16)17)7-10(6-8)12(3,22)14(18,19)20;1-3-8-4-6-9(7-5-8)10(2,15)11(12,13)14/h4-7,21-22H,1H2,2-3H3;3-7,15H,1H2,2H3. The zero-order valence-electron chi connectivity index (χ0n) is 19.9. The molecule has 3 N–H and O–H groups in total. The molecule has 3 unspecified atom stereocenters. The number of aliphatic hydroxyl groups is 3. The van der Waals surface area contributed by atoms with Gasteiger partial charge in [-0.15, -0.1) is 0 Å². The van der Waals surface area contributed by atoms with E-state index in [1.165, 1.54) is 30.3 Å². The third-order valence-corrected chi connectivity index (χ3v) is 5.68. The molecule has 0 amide bonds. The van der Waals surface area contributed by atoms with Gasteiger partial charge in [-0.25, -0.2) is 0 Å². The number of hydrogen-bond donors (Lipinski definition) is 3. The van der Waals surface area contributed by atoms with Crippen LogP contribution in [0.2, 0.25) is 0 Å². The smallest absolute Gasteiger partial charge is 0.376 e. The molecule has 2 aromatic rings. The molecule has 2 aromatic carbocycles. The Morgan fingerprint density at radius 1 is 0.514 bits per heavy atom. The van der Waals surface area contributed by atoms with Gasteiger partial charge < -0.3 is 15.3 Å². The number of halogens is 9. The molecule has 0 heterocycles. The first-order chi connectivity index (χ1) is 16.4. The number of rotatable bonds is 5. The monoisotopic (exact) mass is 544 g/mol. The van der Waals surface area contributed by atoms with Crippen molar-refractivity contribution in [3.8, 4) is 0 Å². The Morgan fingerprint density at radius 2 is 0.811 bits per heavy atom. The van der Waals surface area contributed by atoms with E-state index in [0.717, 1.165) is 25.1 Å². The molecule has 0 saturated heterocycles. The van der Waals surface area contributed by atoms with Crippen LogP contribution in [-0.4, -0.2) is 33.8 Å². The fourth-order valence-electron chi connectivity index (χ4n) is 2.77. The highest BCUT2D eigenvalue weighted by Gasteiger charge is 2.54.